The van der Waals surface area contributed by atoms with Crippen molar-refractivity contribution in [2.45, 2.75) is 44.6 Å². The second-order valence-corrected chi connectivity index (χ2v) is 9.00. The largest absolute Gasteiger partial charge is 0.497 e. The quantitative estimate of drug-likeness (QED) is 0.279. The number of hydrogen-bond acceptors (Lipinski definition) is 4. The summed E-state index contributed by atoms with van der Waals surface area (Å²) in [7, 11) is 7.62. The van der Waals surface area contributed by atoms with Crippen LogP contribution in [0.2, 0.25) is 0 Å². The van der Waals surface area contributed by atoms with Crippen molar-refractivity contribution in [1.82, 2.24) is 15.5 Å². The molecule has 1 aromatic rings. The molecule has 1 aromatic carbocycles. The Morgan fingerprint density at radius 2 is 1.90 bits per heavy atom. The van der Waals surface area contributed by atoms with Crippen LogP contribution in [0.4, 0.5) is 0 Å². The van der Waals surface area contributed by atoms with Crippen molar-refractivity contribution in [2.24, 2.45) is 16.3 Å². The van der Waals surface area contributed by atoms with Gasteiger partial charge < -0.3 is 20.1 Å². The molecule has 0 amide bonds. The second-order valence-electron chi connectivity index (χ2n) is 9.00. The van der Waals surface area contributed by atoms with Crippen LogP contribution in [0.15, 0.2) is 29.3 Å². The van der Waals surface area contributed by atoms with E-state index >= 15 is 0 Å². The molecule has 2 unspecified atom stereocenters. The van der Waals surface area contributed by atoms with E-state index in [0.717, 1.165) is 44.4 Å². The standard InChI is InChI=1S/C24H40N4O2.HI/c1-25-23(27-18-24(12-6-13-24)14-16-29-3)26-17-20-7-5-15-28(2)22(20)19-8-10-21(30-4)11-9-19;/h8-11,20,22H,5-7,12-18H2,1-4H3,(H2,25,26,27);1H. The van der Waals surface area contributed by atoms with E-state index in [1.54, 1.807) is 14.2 Å². The summed E-state index contributed by atoms with van der Waals surface area (Å²) in [5.41, 5.74) is 1.74. The lowest BCUT2D eigenvalue weighted by molar-refractivity contribution is 0.0731. The van der Waals surface area contributed by atoms with Gasteiger partial charge in [0.25, 0.3) is 0 Å². The summed E-state index contributed by atoms with van der Waals surface area (Å²) >= 11 is 0. The maximum Gasteiger partial charge on any atom is 0.191 e. The SMILES string of the molecule is CN=C(NCC1CCCN(C)C1c1ccc(OC)cc1)NCC1(CCOC)CCC1.I. The van der Waals surface area contributed by atoms with Crippen LogP contribution >= 0.6 is 24.0 Å². The minimum Gasteiger partial charge on any atom is -0.497 e. The number of nitrogens with one attached hydrogen (secondary N) is 2. The molecule has 1 heterocycles. The predicted molar refractivity (Wildman–Crippen MR) is 139 cm³/mol. The highest BCUT2D eigenvalue weighted by molar-refractivity contribution is 14.0. The van der Waals surface area contributed by atoms with Crippen molar-refractivity contribution >= 4 is 29.9 Å². The van der Waals surface area contributed by atoms with Crippen molar-refractivity contribution in [3.63, 3.8) is 0 Å². The molecule has 3 rings (SSSR count). The number of nitrogens with zero attached hydrogens (tertiary/aromatic N) is 2. The first-order chi connectivity index (χ1) is 14.6. The molecule has 0 bridgehead atoms. The van der Waals surface area contributed by atoms with Crippen molar-refractivity contribution in [2.75, 3.05) is 54.6 Å². The Kier molecular flexibility index (Phi) is 10.9. The first-order valence-electron chi connectivity index (χ1n) is 11.4. The van der Waals surface area contributed by atoms with E-state index in [2.05, 4.69) is 51.8 Å². The van der Waals surface area contributed by atoms with Crippen molar-refractivity contribution in [3.8, 4) is 5.75 Å². The molecule has 0 radical (unpaired) electrons. The maximum absolute atomic E-state index is 5.34. The summed E-state index contributed by atoms with van der Waals surface area (Å²) in [4.78, 5) is 6.97. The van der Waals surface area contributed by atoms with E-state index in [4.69, 9.17) is 9.47 Å². The molecule has 0 spiro atoms. The Morgan fingerprint density at radius 1 is 1.16 bits per heavy atom. The number of methoxy groups -OCH3 is 2. The van der Waals surface area contributed by atoms with Crippen LogP contribution in [-0.2, 0) is 4.74 Å². The second kappa shape index (κ2) is 12.8. The molecule has 2 atom stereocenters. The minimum absolute atomic E-state index is 0. The number of aliphatic imine (C=N–C) groups is 1. The summed E-state index contributed by atoms with van der Waals surface area (Å²) in [6.45, 7) is 3.88. The molecule has 2 N–H and O–H groups in total. The maximum atomic E-state index is 5.34. The lowest BCUT2D eigenvalue weighted by atomic mass is 9.67. The van der Waals surface area contributed by atoms with E-state index < -0.39 is 0 Å². The van der Waals surface area contributed by atoms with Gasteiger partial charge in [-0.2, -0.15) is 0 Å². The van der Waals surface area contributed by atoms with Gasteiger partial charge in [0.05, 0.1) is 7.11 Å². The highest BCUT2D eigenvalue weighted by atomic mass is 127. The molecule has 6 nitrogen and oxygen atoms in total. The molecule has 1 saturated heterocycles. The van der Waals surface area contributed by atoms with Crippen molar-refractivity contribution in [1.29, 1.82) is 0 Å². The minimum atomic E-state index is 0. The highest BCUT2D eigenvalue weighted by Crippen LogP contribution is 2.43. The molecule has 2 fully saturated rings. The van der Waals surface area contributed by atoms with Gasteiger partial charge in [0.15, 0.2) is 5.96 Å². The average Bonchev–Trinajstić information content (AvgIpc) is 2.75. The topological polar surface area (TPSA) is 58.1 Å². The Labute approximate surface area is 205 Å². The summed E-state index contributed by atoms with van der Waals surface area (Å²) in [6.07, 6.45) is 7.49. The normalized spacial score (nSPS) is 23.4. The zero-order valence-electron chi connectivity index (χ0n) is 19.7. The third-order valence-electron chi connectivity index (χ3n) is 7.10. The fourth-order valence-electron chi connectivity index (χ4n) is 5.03. The number of hydrogen-bond donors (Lipinski definition) is 2. The van der Waals surface area contributed by atoms with Gasteiger partial charge in [-0.3, -0.25) is 9.89 Å². The number of ether oxygens (including phenoxy) is 2. The fourth-order valence-corrected chi connectivity index (χ4v) is 5.03. The highest BCUT2D eigenvalue weighted by Gasteiger charge is 2.36. The summed E-state index contributed by atoms with van der Waals surface area (Å²) in [5.74, 6) is 2.37. The number of halogens is 1. The first-order valence-corrected chi connectivity index (χ1v) is 11.4. The number of benzene rings is 1. The summed E-state index contributed by atoms with van der Waals surface area (Å²) in [5, 5.41) is 7.21. The van der Waals surface area contributed by atoms with Crippen LogP contribution < -0.4 is 15.4 Å². The van der Waals surface area contributed by atoms with Gasteiger partial charge >= 0.3 is 0 Å². The van der Waals surface area contributed by atoms with Gasteiger partial charge in [0.1, 0.15) is 5.75 Å². The number of guanidine groups is 1. The molecule has 0 aromatic heterocycles. The molecular weight excluding hydrogens is 503 g/mol. The molecule has 176 valence electrons. The number of likely N-dealkylation sites (tertiary alicyclic amines) is 1. The van der Waals surface area contributed by atoms with Gasteiger partial charge in [-0.25, -0.2) is 0 Å². The van der Waals surface area contributed by atoms with Crippen LogP contribution in [0.3, 0.4) is 0 Å². The van der Waals surface area contributed by atoms with E-state index in [1.165, 1.54) is 37.7 Å². The molecule has 2 aliphatic rings. The van der Waals surface area contributed by atoms with Crippen LogP contribution in [0.5, 0.6) is 5.75 Å². The zero-order valence-corrected chi connectivity index (χ0v) is 22.0. The number of piperidine rings is 1. The Balaban J connectivity index is 0.00000341. The third-order valence-corrected chi connectivity index (χ3v) is 7.10. The smallest absolute Gasteiger partial charge is 0.191 e. The van der Waals surface area contributed by atoms with Crippen LogP contribution in [0, 0.1) is 11.3 Å². The lowest BCUT2D eigenvalue weighted by Gasteiger charge is -2.42. The Bertz CT molecular complexity index is 679. The van der Waals surface area contributed by atoms with Gasteiger partial charge in [0, 0.05) is 39.9 Å². The lowest BCUT2D eigenvalue weighted by Crippen LogP contribution is -2.49. The Hall–Kier alpha value is -1.06. The van der Waals surface area contributed by atoms with E-state index in [9.17, 15) is 0 Å². The van der Waals surface area contributed by atoms with Gasteiger partial charge in [0.2, 0.25) is 0 Å². The van der Waals surface area contributed by atoms with Crippen molar-refractivity contribution in [3.05, 3.63) is 29.8 Å². The van der Waals surface area contributed by atoms with Crippen LogP contribution in [-0.4, -0.2) is 65.4 Å². The average molecular weight is 545 g/mol. The summed E-state index contributed by atoms with van der Waals surface area (Å²) in [6, 6.07) is 8.97. The first kappa shape index (κ1) is 26.2. The molecule has 7 heteroatoms. The monoisotopic (exact) mass is 544 g/mol. The molecule has 1 aliphatic carbocycles. The predicted octanol–water partition coefficient (Wildman–Crippen LogP) is 4.07. The van der Waals surface area contributed by atoms with Gasteiger partial charge in [-0.15, -0.1) is 24.0 Å². The Morgan fingerprint density at radius 3 is 2.48 bits per heavy atom. The van der Waals surface area contributed by atoms with Crippen LogP contribution in [0.25, 0.3) is 0 Å². The molecular formula is C24H41IN4O2. The number of rotatable bonds is 9. The van der Waals surface area contributed by atoms with Crippen LogP contribution in [0.1, 0.15) is 50.1 Å². The molecule has 1 aliphatic heterocycles. The van der Waals surface area contributed by atoms with E-state index in [-0.39, 0.29) is 24.0 Å². The van der Waals surface area contributed by atoms with Gasteiger partial charge in [-0.05, 0) is 74.7 Å². The third kappa shape index (κ3) is 6.96. The molecule has 1 saturated carbocycles. The van der Waals surface area contributed by atoms with E-state index in [1.807, 2.05) is 7.05 Å². The zero-order chi connectivity index (χ0) is 21.4. The van der Waals surface area contributed by atoms with Crippen molar-refractivity contribution < 1.29 is 9.47 Å². The summed E-state index contributed by atoms with van der Waals surface area (Å²) < 4.78 is 10.7. The van der Waals surface area contributed by atoms with Gasteiger partial charge in [-0.1, -0.05) is 18.6 Å². The molecule has 31 heavy (non-hydrogen) atoms. The fraction of sp³-hybridized carbons (Fsp3) is 0.708. The van der Waals surface area contributed by atoms with E-state index in [0.29, 0.717) is 17.4 Å².